The zero-order chi connectivity index (χ0) is 17.6. The molecule has 0 saturated heterocycles. The molecule has 0 aromatic heterocycles. The van der Waals surface area contributed by atoms with Crippen molar-refractivity contribution in [2.45, 2.75) is 12.8 Å². The summed E-state index contributed by atoms with van der Waals surface area (Å²) in [5, 5.41) is 2.80. The molecule has 0 aliphatic carbocycles. The first-order valence-electron chi connectivity index (χ1n) is 8.13. The summed E-state index contributed by atoms with van der Waals surface area (Å²) in [6.07, 6.45) is 6.66. The first kappa shape index (κ1) is 16.6. The summed E-state index contributed by atoms with van der Waals surface area (Å²) in [6.45, 7) is 0. The highest BCUT2D eigenvalue weighted by Crippen LogP contribution is 2.19. The molecule has 1 atom stereocenters. The van der Waals surface area contributed by atoms with Gasteiger partial charge in [-0.25, -0.2) is 4.99 Å². The minimum Gasteiger partial charge on any atom is -0.397 e. The fraction of sp³-hybridized carbons (Fsp3) is 0.150. The number of nitrogens with two attached hydrogens (primary N) is 1. The van der Waals surface area contributed by atoms with Crippen molar-refractivity contribution in [2.24, 2.45) is 10.9 Å². The van der Waals surface area contributed by atoms with E-state index in [-0.39, 0.29) is 17.7 Å². The molecule has 25 heavy (non-hydrogen) atoms. The van der Waals surface area contributed by atoms with E-state index in [4.69, 9.17) is 5.73 Å². The average molecular weight is 333 g/mol. The van der Waals surface area contributed by atoms with Gasteiger partial charge < -0.3 is 11.1 Å². The lowest BCUT2D eigenvalue weighted by atomic mass is 9.97. The van der Waals surface area contributed by atoms with Crippen molar-refractivity contribution >= 4 is 29.4 Å². The number of aliphatic imine (C=N–C) groups is 1. The largest absolute Gasteiger partial charge is 0.397 e. The van der Waals surface area contributed by atoms with Gasteiger partial charge in [-0.3, -0.25) is 9.59 Å². The van der Waals surface area contributed by atoms with Crippen molar-refractivity contribution in [3.05, 3.63) is 71.8 Å². The molecule has 3 N–H and O–H groups in total. The van der Waals surface area contributed by atoms with Crippen LogP contribution in [0.15, 0.2) is 65.7 Å². The average Bonchev–Trinajstić information content (AvgIpc) is 2.63. The third-order valence-corrected chi connectivity index (χ3v) is 4.12. The van der Waals surface area contributed by atoms with Crippen LogP contribution in [0.1, 0.15) is 22.3 Å². The monoisotopic (exact) mass is 333 g/mol. The Balaban J connectivity index is 1.59. The van der Waals surface area contributed by atoms with Gasteiger partial charge >= 0.3 is 0 Å². The first-order valence-corrected chi connectivity index (χ1v) is 8.13. The Bertz CT molecular complexity index is 838. The highest BCUT2D eigenvalue weighted by atomic mass is 16.2. The van der Waals surface area contributed by atoms with Crippen molar-refractivity contribution in [3.8, 4) is 0 Å². The molecule has 1 aliphatic heterocycles. The number of allylic oxidation sites excluding steroid dienone is 1. The Morgan fingerprint density at radius 1 is 1.12 bits per heavy atom. The van der Waals surface area contributed by atoms with Gasteiger partial charge in [-0.15, -0.1) is 0 Å². The summed E-state index contributed by atoms with van der Waals surface area (Å²) in [5.41, 5.74) is 8.60. The maximum absolute atomic E-state index is 12.3. The van der Waals surface area contributed by atoms with Gasteiger partial charge in [0.05, 0.1) is 17.3 Å². The van der Waals surface area contributed by atoms with Gasteiger partial charge in [-0.05, 0) is 48.7 Å². The third-order valence-electron chi connectivity index (χ3n) is 4.12. The molecular weight excluding hydrogens is 314 g/mol. The lowest BCUT2D eigenvalue weighted by Crippen LogP contribution is -2.14. The number of benzene rings is 2. The van der Waals surface area contributed by atoms with Crippen LogP contribution in [0.5, 0.6) is 0 Å². The van der Waals surface area contributed by atoms with E-state index in [1.807, 2.05) is 30.3 Å². The summed E-state index contributed by atoms with van der Waals surface area (Å²) < 4.78 is 0. The first-order chi connectivity index (χ1) is 12.1. The van der Waals surface area contributed by atoms with Crippen LogP contribution in [0.2, 0.25) is 0 Å². The number of nitrogen functional groups attached to an aromatic ring is 1. The van der Waals surface area contributed by atoms with Gasteiger partial charge in [-0.2, -0.15) is 0 Å². The van der Waals surface area contributed by atoms with E-state index in [1.165, 1.54) is 6.21 Å². The Morgan fingerprint density at radius 3 is 2.60 bits per heavy atom. The van der Waals surface area contributed by atoms with Gasteiger partial charge in [0.1, 0.15) is 0 Å². The van der Waals surface area contributed by atoms with E-state index in [9.17, 15) is 9.59 Å². The molecule has 1 heterocycles. The molecule has 5 nitrogen and oxygen atoms in total. The number of nitrogens with zero attached hydrogens (tertiary/aromatic N) is 1. The standard InChI is InChI=1S/C20H19N3O2/c21-17-5-1-2-6-18(17)23-20(25)16-11-8-14(9-12-16)7-10-15-4-3-13-22-19(15)24/h1-6,8-9,11-13,15H,7,10,21H2,(H,23,25). The molecule has 3 rings (SSSR count). The summed E-state index contributed by atoms with van der Waals surface area (Å²) >= 11 is 0. The van der Waals surface area contributed by atoms with Gasteiger partial charge in [0.15, 0.2) is 0 Å². The third kappa shape index (κ3) is 4.20. The molecule has 1 aliphatic rings. The second-order valence-corrected chi connectivity index (χ2v) is 5.88. The molecule has 0 fully saturated rings. The number of amides is 2. The Hall–Kier alpha value is -3.21. The lowest BCUT2D eigenvalue weighted by molar-refractivity contribution is -0.120. The number of hydrogen-bond acceptors (Lipinski definition) is 3. The molecule has 0 saturated carbocycles. The highest BCUT2D eigenvalue weighted by molar-refractivity contribution is 6.05. The van der Waals surface area contributed by atoms with Crippen LogP contribution in [0.25, 0.3) is 0 Å². The van der Waals surface area contributed by atoms with E-state index in [2.05, 4.69) is 10.3 Å². The smallest absolute Gasteiger partial charge is 0.255 e. The van der Waals surface area contributed by atoms with Crippen molar-refractivity contribution < 1.29 is 9.59 Å². The van der Waals surface area contributed by atoms with Crippen molar-refractivity contribution in [1.82, 2.24) is 0 Å². The second kappa shape index (κ2) is 7.57. The molecular formula is C20H19N3O2. The summed E-state index contributed by atoms with van der Waals surface area (Å²) in [5.74, 6) is -0.461. The zero-order valence-electron chi connectivity index (χ0n) is 13.7. The van der Waals surface area contributed by atoms with Crippen LogP contribution in [0, 0.1) is 5.92 Å². The summed E-state index contributed by atoms with van der Waals surface area (Å²) in [7, 11) is 0. The molecule has 2 amide bonds. The molecule has 2 aromatic rings. The number of nitrogens with one attached hydrogen (secondary N) is 1. The number of dihydropyridines is 1. The summed E-state index contributed by atoms with van der Waals surface area (Å²) in [6, 6.07) is 14.5. The van der Waals surface area contributed by atoms with Crippen LogP contribution < -0.4 is 11.1 Å². The number of carbonyl (C=O) groups excluding carboxylic acids is 2. The Morgan fingerprint density at radius 2 is 1.88 bits per heavy atom. The van der Waals surface area contributed by atoms with Crippen LogP contribution >= 0.6 is 0 Å². The number of carbonyl (C=O) groups is 2. The van der Waals surface area contributed by atoms with Crippen molar-refractivity contribution in [3.63, 3.8) is 0 Å². The second-order valence-electron chi connectivity index (χ2n) is 5.88. The lowest BCUT2D eigenvalue weighted by Gasteiger charge is -2.11. The van der Waals surface area contributed by atoms with Gasteiger partial charge in [0.25, 0.3) is 11.8 Å². The molecule has 1 unspecified atom stereocenters. The maximum atomic E-state index is 12.3. The van der Waals surface area contributed by atoms with E-state index in [0.717, 1.165) is 12.0 Å². The molecule has 0 radical (unpaired) electrons. The van der Waals surface area contributed by atoms with Crippen molar-refractivity contribution in [1.29, 1.82) is 0 Å². The SMILES string of the molecule is Nc1ccccc1NC(=O)c1ccc(CCC2C=CC=NC2=O)cc1. The van der Waals surface area contributed by atoms with E-state index < -0.39 is 0 Å². The van der Waals surface area contributed by atoms with E-state index in [1.54, 1.807) is 30.3 Å². The van der Waals surface area contributed by atoms with E-state index >= 15 is 0 Å². The van der Waals surface area contributed by atoms with Gasteiger partial charge in [0.2, 0.25) is 0 Å². The van der Waals surface area contributed by atoms with Gasteiger partial charge in [0, 0.05) is 11.8 Å². The van der Waals surface area contributed by atoms with Crippen LogP contribution in [0.4, 0.5) is 11.4 Å². The fourth-order valence-corrected chi connectivity index (χ4v) is 2.65. The number of rotatable bonds is 5. The maximum Gasteiger partial charge on any atom is 0.255 e. The minimum atomic E-state index is -0.204. The normalized spacial score (nSPS) is 16.0. The van der Waals surface area contributed by atoms with E-state index in [0.29, 0.717) is 23.4 Å². The topological polar surface area (TPSA) is 84.5 Å². The predicted molar refractivity (Wildman–Crippen MR) is 99.7 cm³/mol. The number of hydrogen-bond donors (Lipinski definition) is 2. The van der Waals surface area contributed by atoms with Crippen LogP contribution in [-0.4, -0.2) is 18.0 Å². The Labute approximate surface area is 146 Å². The molecule has 5 heteroatoms. The van der Waals surface area contributed by atoms with Crippen molar-refractivity contribution in [2.75, 3.05) is 11.1 Å². The molecule has 126 valence electrons. The Kier molecular flexibility index (Phi) is 5.04. The van der Waals surface area contributed by atoms with Gasteiger partial charge in [-0.1, -0.05) is 30.3 Å². The minimum absolute atomic E-state index is 0.0982. The van der Waals surface area contributed by atoms with Crippen LogP contribution in [-0.2, 0) is 11.2 Å². The van der Waals surface area contributed by atoms with Crippen LogP contribution in [0.3, 0.4) is 0 Å². The molecule has 0 spiro atoms. The number of para-hydroxylation sites is 2. The quantitative estimate of drug-likeness (QED) is 0.824. The fourth-order valence-electron chi connectivity index (χ4n) is 2.65. The molecule has 0 bridgehead atoms. The highest BCUT2D eigenvalue weighted by Gasteiger charge is 2.16. The summed E-state index contributed by atoms with van der Waals surface area (Å²) in [4.78, 5) is 27.7. The predicted octanol–water partition coefficient (Wildman–Crippen LogP) is 3.24. The number of aryl methyl sites for hydroxylation is 1. The molecule has 2 aromatic carbocycles. The number of anilines is 2. The zero-order valence-corrected chi connectivity index (χ0v) is 13.7.